The molecule has 2 aromatic carbocycles. The van der Waals surface area contributed by atoms with Crippen molar-refractivity contribution in [2.75, 3.05) is 45.2 Å². The van der Waals surface area contributed by atoms with Gasteiger partial charge in [0.2, 0.25) is 15.9 Å². The number of hydrogen-bond acceptors (Lipinski definition) is 6. The zero-order valence-corrected chi connectivity index (χ0v) is 19.5. The highest BCUT2D eigenvalue weighted by Gasteiger charge is 2.32. The molecule has 3 rings (SSSR count). The summed E-state index contributed by atoms with van der Waals surface area (Å²) in [6, 6.07) is 15.8. The van der Waals surface area contributed by atoms with Crippen LogP contribution in [0.2, 0.25) is 0 Å². The number of nitrogens with one attached hydrogen (secondary N) is 1. The number of benzene rings is 2. The van der Waals surface area contributed by atoms with Gasteiger partial charge < -0.3 is 14.8 Å². The second-order valence-corrected chi connectivity index (χ2v) is 9.99. The first-order chi connectivity index (χ1) is 15.2. The Morgan fingerprint density at radius 2 is 1.72 bits per heavy atom. The molecule has 1 saturated heterocycles. The van der Waals surface area contributed by atoms with Crippen LogP contribution in [0.15, 0.2) is 59.5 Å². The van der Waals surface area contributed by atoms with Crippen LogP contribution in [-0.4, -0.2) is 75.6 Å². The Hall–Kier alpha value is -2.46. The number of hydrogen-bond donors (Lipinski definition) is 1. The number of rotatable bonds is 9. The molecule has 1 N–H and O–H groups in total. The molecule has 1 fully saturated rings. The normalized spacial score (nSPS) is 19.6. The van der Waals surface area contributed by atoms with Crippen LogP contribution in [0.3, 0.4) is 0 Å². The lowest BCUT2D eigenvalue weighted by atomic mass is 10.3. The standard InChI is InChI=1S/C23H31N3O5S/c1-18-15-26(16-19(2)31-18)32(28,29)22-11-9-20(10-12-22)24-23(27)17-25(3)13-14-30-21-7-5-4-6-8-21/h4-12,18-19H,13-17H2,1-3H3,(H,24,27). The molecule has 0 spiro atoms. The Labute approximate surface area is 190 Å². The van der Waals surface area contributed by atoms with Gasteiger partial charge >= 0.3 is 0 Å². The monoisotopic (exact) mass is 461 g/mol. The summed E-state index contributed by atoms with van der Waals surface area (Å²) in [7, 11) is -1.77. The average molecular weight is 462 g/mol. The van der Waals surface area contributed by atoms with Gasteiger partial charge in [0.25, 0.3) is 0 Å². The third-order valence-electron chi connectivity index (χ3n) is 5.06. The molecule has 1 aliphatic rings. The Morgan fingerprint density at radius 1 is 1.09 bits per heavy atom. The third kappa shape index (κ3) is 6.77. The molecule has 0 aromatic heterocycles. The summed E-state index contributed by atoms with van der Waals surface area (Å²) in [4.78, 5) is 14.4. The molecule has 8 nitrogen and oxygen atoms in total. The van der Waals surface area contributed by atoms with E-state index in [1.165, 1.54) is 16.4 Å². The van der Waals surface area contributed by atoms with Gasteiger partial charge in [0.05, 0.1) is 23.6 Å². The maximum absolute atomic E-state index is 12.9. The lowest BCUT2D eigenvalue weighted by molar-refractivity contribution is -0.117. The van der Waals surface area contributed by atoms with E-state index in [1.54, 1.807) is 12.1 Å². The molecule has 1 amide bonds. The summed E-state index contributed by atoms with van der Waals surface area (Å²) in [6.45, 7) is 5.64. The zero-order valence-electron chi connectivity index (χ0n) is 18.7. The van der Waals surface area contributed by atoms with Crippen LogP contribution in [0, 0.1) is 0 Å². The maximum atomic E-state index is 12.9. The highest BCUT2D eigenvalue weighted by Crippen LogP contribution is 2.22. The van der Waals surface area contributed by atoms with Crippen molar-refractivity contribution in [2.24, 2.45) is 0 Å². The van der Waals surface area contributed by atoms with Gasteiger partial charge in [-0.1, -0.05) is 18.2 Å². The van der Waals surface area contributed by atoms with Gasteiger partial charge in [-0.3, -0.25) is 9.69 Å². The van der Waals surface area contributed by atoms with Crippen molar-refractivity contribution in [2.45, 2.75) is 31.0 Å². The first kappa shape index (κ1) is 24.2. The number of likely N-dealkylation sites (N-methyl/N-ethyl adjacent to an activating group) is 1. The van der Waals surface area contributed by atoms with Crippen molar-refractivity contribution in [1.29, 1.82) is 0 Å². The van der Waals surface area contributed by atoms with E-state index in [1.807, 2.05) is 56.1 Å². The second kappa shape index (κ2) is 10.9. The Morgan fingerprint density at radius 3 is 2.34 bits per heavy atom. The molecule has 0 radical (unpaired) electrons. The Bertz CT molecular complexity index is 972. The first-order valence-electron chi connectivity index (χ1n) is 10.7. The molecule has 32 heavy (non-hydrogen) atoms. The lowest BCUT2D eigenvalue weighted by Gasteiger charge is -2.34. The molecule has 0 bridgehead atoms. The van der Waals surface area contributed by atoms with Crippen LogP contribution < -0.4 is 10.1 Å². The number of para-hydroxylation sites is 1. The van der Waals surface area contributed by atoms with Crippen LogP contribution in [0.4, 0.5) is 5.69 Å². The van der Waals surface area contributed by atoms with Crippen molar-refractivity contribution in [3.05, 3.63) is 54.6 Å². The number of sulfonamides is 1. The maximum Gasteiger partial charge on any atom is 0.243 e. The number of morpholine rings is 1. The molecular formula is C23H31N3O5S. The zero-order chi connectivity index (χ0) is 23.1. The molecule has 2 aromatic rings. The van der Waals surface area contributed by atoms with E-state index in [0.717, 1.165) is 5.75 Å². The Kier molecular flexibility index (Phi) is 8.25. The predicted octanol–water partition coefficient (Wildman–Crippen LogP) is 2.43. The summed E-state index contributed by atoms with van der Waals surface area (Å²) in [5.74, 6) is 0.611. The molecule has 2 atom stereocenters. The van der Waals surface area contributed by atoms with Gasteiger partial charge in [0.1, 0.15) is 12.4 Å². The van der Waals surface area contributed by atoms with Gasteiger partial charge in [-0.05, 0) is 57.3 Å². The topological polar surface area (TPSA) is 88.2 Å². The van der Waals surface area contributed by atoms with Crippen molar-refractivity contribution >= 4 is 21.6 Å². The first-order valence-corrected chi connectivity index (χ1v) is 12.1. The van der Waals surface area contributed by atoms with Crippen molar-refractivity contribution < 1.29 is 22.7 Å². The fourth-order valence-electron chi connectivity index (χ4n) is 3.55. The second-order valence-electron chi connectivity index (χ2n) is 8.05. The number of nitrogens with zero attached hydrogens (tertiary/aromatic N) is 2. The van der Waals surface area contributed by atoms with Crippen molar-refractivity contribution in [1.82, 2.24) is 9.21 Å². The lowest BCUT2D eigenvalue weighted by Crippen LogP contribution is -2.48. The van der Waals surface area contributed by atoms with Crippen molar-refractivity contribution in [3.8, 4) is 5.75 Å². The van der Waals surface area contributed by atoms with Gasteiger partial charge in [-0.2, -0.15) is 4.31 Å². The summed E-state index contributed by atoms with van der Waals surface area (Å²) >= 11 is 0. The number of ether oxygens (including phenoxy) is 2. The minimum absolute atomic E-state index is 0.151. The number of amides is 1. The summed E-state index contributed by atoms with van der Waals surface area (Å²) < 4.78 is 38.6. The molecule has 1 heterocycles. The summed E-state index contributed by atoms with van der Waals surface area (Å²) in [5.41, 5.74) is 0.548. The largest absolute Gasteiger partial charge is 0.492 e. The molecule has 9 heteroatoms. The minimum Gasteiger partial charge on any atom is -0.492 e. The van der Waals surface area contributed by atoms with Crippen LogP contribution in [-0.2, 0) is 19.6 Å². The van der Waals surface area contributed by atoms with Crippen LogP contribution in [0.1, 0.15) is 13.8 Å². The van der Waals surface area contributed by atoms with Crippen LogP contribution >= 0.6 is 0 Å². The highest BCUT2D eigenvalue weighted by molar-refractivity contribution is 7.89. The molecule has 1 aliphatic heterocycles. The smallest absolute Gasteiger partial charge is 0.243 e. The van der Waals surface area contributed by atoms with E-state index in [-0.39, 0.29) is 29.6 Å². The van der Waals surface area contributed by atoms with Crippen molar-refractivity contribution in [3.63, 3.8) is 0 Å². The summed E-state index contributed by atoms with van der Waals surface area (Å²) in [6.07, 6.45) is -0.302. The molecule has 0 saturated carbocycles. The van der Waals surface area contributed by atoms with Gasteiger partial charge in [-0.15, -0.1) is 0 Å². The molecule has 0 aliphatic carbocycles. The fraction of sp³-hybridized carbons (Fsp3) is 0.435. The van der Waals surface area contributed by atoms with Gasteiger partial charge in [0.15, 0.2) is 0 Å². The van der Waals surface area contributed by atoms with Crippen LogP contribution in [0.25, 0.3) is 0 Å². The van der Waals surface area contributed by atoms with E-state index < -0.39 is 10.0 Å². The van der Waals surface area contributed by atoms with E-state index >= 15 is 0 Å². The van der Waals surface area contributed by atoms with E-state index in [0.29, 0.717) is 31.9 Å². The number of carbonyl (C=O) groups is 1. The molecular weight excluding hydrogens is 430 g/mol. The Balaban J connectivity index is 1.48. The SMILES string of the molecule is CC1CN(S(=O)(=O)c2ccc(NC(=O)CN(C)CCOc3ccccc3)cc2)CC(C)O1. The summed E-state index contributed by atoms with van der Waals surface area (Å²) in [5, 5.41) is 2.80. The number of anilines is 1. The highest BCUT2D eigenvalue weighted by atomic mass is 32.2. The van der Waals surface area contributed by atoms with E-state index in [2.05, 4.69) is 5.32 Å². The molecule has 2 unspecified atom stereocenters. The van der Waals surface area contributed by atoms with E-state index in [4.69, 9.17) is 9.47 Å². The van der Waals surface area contributed by atoms with E-state index in [9.17, 15) is 13.2 Å². The van der Waals surface area contributed by atoms with Gasteiger partial charge in [0, 0.05) is 25.3 Å². The molecule has 174 valence electrons. The number of carbonyl (C=O) groups excluding carboxylic acids is 1. The predicted molar refractivity (Wildman–Crippen MR) is 123 cm³/mol. The fourth-order valence-corrected chi connectivity index (χ4v) is 5.14. The average Bonchev–Trinajstić information content (AvgIpc) is 2.74. The minimum atomic E-state index is -3.61. The quantitative estimate of drug-likeness (QED) is 0.617. The van der Waals surface area contributed by atoms with Gasteiger partial charge in [-0.25, -0.2) is 8.42 Å². The van der Waals surface area contributed by atoms with Crippen LogP contribution in [0.5, 0.6) is 5.75 Å². The third-order valence-corrected chi connectivity index (χ3v) is 6.91.